The van der Waals surface area contributed by atoms with Crippen LogP contribution in [0.5, 0.6) is 0 Å². The van der Waals surface area contributed by atoms with E-state index in [0.717, 1.165) is 28.1 Å². The van der Waals surface area contributed by atoms with Crippen LogP contribution < -0.4 is 10.2 Å². The highest BCUT2D eigenvalue weighted by atomic mass is 19.3. The lowest BCUT2D eigenvalue weighted by molar-refractivity contribution is -0.113. The molecule has 0 saturated carbocycles. The predicted octanol–water partition coefficient (Wildman–Crippen LogP) is 3.00. The van der Waals surface area contributed by atoms with Crippen molar-refractivity contribution < 1.29 is 13.6 Å². The molecule has 12 heteroatoms. The van der Waals surface area contributed by atoms with E-state index < -0.39 is 19.0 Å². The van der Waals surface area contributed by atoms with Crippen molar-refractivity contribution in [3.63, 3.8) is 0 Å². The molecule has 0 aliphatic carbocycles. The van der Waals surface area contributed by atoms with Crippen LogP contribution in [0.15, 0.2) is 48.9 Å². The molecule has 0 spiro atoms. The number of likely N-dealkylation sites (tertiary alicyclic amines) is 1. The van der Waals surface area contributed by atoms with E-state index in [4.69, 9.17) is 0 Å². The molecule has 4 aromatic rings. The van der Waals surface area contributed by atoms with Gasteiger partial charge < -0.3 is 19.7 Å². The van der Waals surface area contributed by atoms with E-state index in [2.05, 4.69) is 30.7 Å². The number of aromatic nitrogens is 6. The molecule has 0 bridgehead atoms. The summed E-state index contributed by atoms with van der Waals surface area (Å²) in [6, 6.07) is 9.70. The van der Waals surface area contributed by atoms with E-state index in [1.54, 1.807) is 24.0 Å². The highest BCUT2D eigenvalue weighted by molar-refractivity contribution is 5.94. The third kappa shape index (κ3) is 4.04. The maximum atomic E-state index is 13.2. The van der Waals surface area contributed by atoms with E-state index in [0.29, 0.717) is 37.0 Å². The van der Waals surface area contributed by atoms with Crippen LogP contribution in [0, 0.1) is 0 Å². The monoisotopic (exact) mass is 491 g/mol. The first-order chi connectivity index (χ1) is 17.4. The van der Waals surface area contributed by atoms with Gasteiger partial charge in [0.2, 0.25) is 5.95 Å². The summed E-state index contributed by atoms with van der Waals surface area (Å²) in [5.74, 6) is -2.13. The molecule has 184 valence electrons. The average molecular weight is 492 g/mol. The maximum Gasteiger partial charge on any atom is 0.282 e. The van der Waals surface area contributed by atoms with Gasteiger partial charge in [-0.05, 0) is 35.7 Å². The zero-order valence-electron chi connectivity index (χ0n) is 19.4. The molecule has 2 aliphatic heterocycles. The zero-order chi connectivity index (χ0) is 24.9. The number of amides is 1. The van der Waals surface area contributed by atoms with Crippen LogP contribution in [0.3, 0.4) is 0 Å². The summed E-state index contributed by atoms with van der Waals surface area (Å²) >= 11 is 0. The first-order valence-corrected chi connectivity index (χ1v) is 11.5. The van der Waals surface area contributed by atoms with Gasteiger partial charge in [0.15, 0.2) is 5.82 Å². The van der Waals surface area contributed by atoms with Gasteiger partial charge in [-0.3, -0.25) is 9.89 Å². The first-order valence-electron chi connectivity index (χ1n) is 11.5. The number of H-pyrrole nitrogens is 1. The van der Waals surface area contributed by atoms with Crippen LogP contribution in [0.1, 0.15) is 21.7 Å². The van der Waals surface area contributed by atoms with Gasteiger partial charge in [0, 0.05) is 36.7 Å². The van der Waals surface area contributed by atoms with Crippen LogP contribution >= 0.6 is 0 Å². The fourth-order valence-electron chi connectivity index (χ4n) is 4.63. The van der Waals surface area contributed by atoms with Gasteiger partial charge in [0.25, 0.3) is 11.8 Å². The number of alkyl halides is 2. The van der Waals surface area contributed by atoms with Crippen molar-refractivity contribution in [1.29, 1.82) is 0 Å². The van der Waals surface area contributed by atoms with Crippen LogP contribution in [-0.4, -0.2) is 66.3 Å². The minimum atomic E-state index is -2.79. The second-order valence-corrected chi connectivity index (χ2v) is 9.08. The van der Waals surface area contributed by atoms with Crippen LogP contribution in [0.2, 0.25) is 0 Å². The van der Waals surface area contributed by atoms with Crippen molar-refractivity contribution in [2.45, 2.75) is 18.9 Å². The molecule has 2 aliphatic rings. The van der Waals surface area contributed by atoms with E-state index >= 15 is 0 Å². The molecule has 5 heterocycles. The normalized spacial score (nSPS) is 16.4. The fraction of sp³-hybridized carbons (Fsp3) is 0.292. The Morgan fingerprint density at radius 3 is 2.67 bits per heavy atom. The number of aromatic amines is 1. The number of nitrogens with zero attached hydrogens (tertiary/aromatic N) is 7. The smallest absolute Gasteiger partial charge is 0.282 e. The number of halogens is 2. The summed E-state index contributed by atoms with van der Waals surface area (Å²) in [7, 11) is 1.79. The fourth-order valence-corrected chi connectivity index (χ4v) is 4.63. The number of fused-ring (bicyclic) bond motifs is 1. The standard InChI is InChI=1S/C24H23F2N9O/c1-33-19(22(36)35-13-24(25,26)14-35)8-16-6-7-34(12-20(16)33)23-31-21(11-29-32-23)30-18-4-2-15(3-5-18)17-9-27-28-10-17/h2-5,8-11H,6-7,12-14H2,1H3,(H,27,28)(H,30,31,32). The lowest BCUT2D eigenvalue weighted by Crippen LogP contribution is -2.58. The van der Waals surface area contributed by atoms with Crippen molar-refractivity contribution in [2.24, 2.45) is 7.05 Å². The van der Waals surface area contributed by atoms with Crippen molar-refractivity contribution in [3.8, 4) is 11.1 Å². The van der Waals surface area contributed by atoms with Crippen LogP contribution in [-0.2, 0) is 20.0 Å². The predicted molar refractivity (Wildman–Crippen MR) is 128 cm³/mol. The Hall–Kier alpha value is -4.35. The highest BCUT2D eigenvalue weighted by Crippen LogP contribution is 2.31. The van der Waals surface area contributed by atoms with Gasteiger partial charge in [-0.2, -0.15) is 15.2 Å². The van der Waals surface area contributed by atoms with Gasteiger partial charge in [-0.15, -0.1) is 5.10 Å². The molecule has 0 unspecified atom stereocenters. The molecular formula is C24H23F2N9O. The third-order valence-electron chi connectivity index (χ3n) is 6.61. The molecular weight excluding hydrogens is 468 g/mol. The van der Waals surface area contributed by atoms with Crippen molar-refractivity contribution in [1.82, 2.24) is 34.8 Å². The van der Waals surface area contributed by atoms with Crippen LogP contribution in [0.25, 0.3) is 11.1 Å². The molecule has 3 aromatic heterocycles. The second-order valence-electron chi connectivity index (χ2n) is 9.08. The summed E-state index contributed by atoms with van der Waals surface area (Å²) in [6.07, 6.45) is 5.85. The van der Waals surface area contributed by atoms with Crippen molar-refractivity contribution in [2.75, 3.05) is 29.9 Å². The quantitative estimate of drug-likeness (QED) is 0.442. The topological polar surface area (TPSA) is 108 Å². The van der Waals surface area contributed by atoms with Gasteiger partial charge in [0.05, 0.1) is 32.0 Å². The number of rotatable bonds is 5. The Bertz CT molecular complexity index is 1410. The molecule has 1 aromatic carbocycles. The maximum absolute atomic E-state index is 13.2. The summed E-state index contributed by atoms with van der Waals surface area (Å²) < 4.78 is 28.3. The second kappa shape index (κ2) is 8.40. The lowest BCUT2D eigenvalue weighted by Gasteiger charge is -2.38. The zero-order valence-corrected chi connectivity index (χ0v) is 19.4. The number of benzene rings is 1. The molecule has 36 heavy (non-hydrogen) atoms. The summed E-state index contributed by atoms with van der Waals surface area (Å²) in [5, 5.41) is 18.4. The van der Waals surface area contributed by atoms with Crippen molar-refractivity contribution >= 4 is 23.4 Å². The molecule has 10 nitrogen and oxygen atoms in total. The van der Waals surface area contributed by atoms with Gasteiger partial charge in [-0.25, -0.2) is 8.78 Å². The number of hydrogen-bond donors (Lipinski definition) is 2. The Morgan fingerprint density at radius 1 is 1.14 bits per heavy atom. The Balaban J connectivity index is 1.16. The summed E-state index contributed by atoms with van der Waals surface area (Å²) in [4.78, 5) is 20.5. The molecule has 0 radical (unpaired) electrons. The Morgan fingerprint density at radius 2 is 1.94 bits per heavy atom. The SMILES string of the molecule is Cn1c(C(=O)N2CC(F)(F)C2)cc2c1CN(c1nncc(Nc3ccc(-c4cn[nH]c4)cc3)n1)CC2. The van der Waals surface area contributed by atoms with E-state index in [1.165, 1.54) is 4.90 Å². The molecule has 2 N–H and O–H groups in total. The Kier molecular flexibility index (Phi) is 5.16. The largest absolute Gasteiger partial charge is 0.342 e. The summed E-state index contributed by atoms with van der Waals surface area (Å²) in [5.41, 5.74) is 5.30. The van der Waals surface area contributed by atoms with Gasteiger partial charge >= 0.3 is 0 Å². The van der Waals surface area contributed by atoms with E-state index in [1.807, 2.05) is 41.4 Å². The lowest BCUT2D eigenvalue weighted by atomic mass is 10.1. The minimum absolute atomic E-state index is 0.368. The van der Waals surface area contributed by atoms with Crippen LogP contribution in [0.4, 0.5) is 26.2 Å². The molecule has 1 fully saturated rings. The number of nitrogens with one attached hydrogen (secondary N) is 2. The number of hydrogen-bond acceptors (Lipinski definition) is 7. The first kappa shape index (κ1) is 22.1. The van der Waals surface area contributed by atoms with E-state index in [9.17, 15) is 13.6 Å². The third-order valence-corrected chi connectivity index (χ3v) is 6.61. The molecule has 1 amide bonds. The number of carbonyl (C=O) groups excluding carboxylic acids is 1. The van der Waals surface area contributed by atoms with Crippen molar-refractivity contribution in [3.05, 3.63) is 65.9 Å². The van der Waals surface area contributed by atoms with E-state index in [-0.39, 0.29) is 5.91 Å². The summed E-state index contributed by atoms with van der Waals surface area (Å²) in [6.45, 7) is 0.0785. The number of anilines is 3. The Labute approximate surface area is 205 Å². The van der Waals surface area contributed by atoms with Gasteiger partial charge in [0.1, 0.15) is 5.69 Å². The average Bonchev–Trinajstić information content (AvgIpc) is 3.51. The number of carbonyl (C=O) groups is 1. The van der Waals surface area contributed by atoms with Gasteiger partial charge in [-0.1, -0.05) is 12.1 Å². The highest BCUT2D eigenvalue weighted by Gasteiger charge is 2.47. The molecule has 6 rings (SSSR count). The minimum Gasteiger partial charge on any atom is -0.342 e. The molecule has 1 saturated heterocycles. The molecule has 0 atom stereocenters.